The van der Waals surface area contributed by atoms with Gasteiger partial charge in [-0.05, 0) is 24.3 Å². The van der Waals surface area contributed by atoms with E-state index >= 15 is 0 Å². The number of hydrogen-bond donors (Lipinski definition) is 2. The molecule has 2 aromatic carbocycles. The second-order valence-corrected chi connectivity index (χ2v) is 5.98. The van der Waals surface area contributed by atoms with E-state index < -0.39 is 5.76 Å². The van der Waals surface area contributed by atoms with Crippen molar-refractivity contribution in [2.45, 2.75) is 12.0 Å². The largest absolute Gasteiger partial charge is 0.470 e. The van der Waals surface area contributed by atoms with Gasteiger partial charge in [0.25, 0.3) is 0 Å². The molecule has 124 valence electrons. The van der Waals surface area contributed by atoms with Crippen LogP contribution in [0.5, 0.6) is 5.75 Å². The zero-order valence-corrected chi connectivity index (χ0v) is 13.7. The van der Waals surface area contributed by atoms with Gasteiger partial charge in [-0.3, -0.25) is 0 Å². The lowest BCUT2D eigenvalue weighted by Crippen LogP contribution is -2.29. The van der Waals surface area contributed by atoms with Gasteiger partial charge in [-0.1, -0.05) is 36.4 Å². The van der Waals surface area contributed by atoms with E-state index in [2.05, 4.69) is 15.5 Å². The van der Waals surface area contributed by atoms with E-state index in [1.165, 1.54) is 0 Å². The lowest BCUT2D eigenvalue weighted by atomic mass is 10.3. The van der Waals surface area contributed by atoms with Gasteiger partial charge in [0.15, 0.2) is 6.23 Å². The third kappa shape index (κ3) is 4.92. The first-order valence-corrected chi connectivity index (χ1v) is 8.60. The zero-order valence-electron chi connectivity index (χ0n) is 12.8. The quantitative estimate of drug-likeness (QED) is 0.612. The predicted octanol–water partition coefficient (Wildman–Crippen LogP) is 3.11. The number of aromatic amines is 1. The smallest absolute Gasteiger partial charge is 0.434 e. The van der Waals surface area contributed by atoms with Crippen molar-refractivity contribution in [3.05, 3.63) is 77.1 Å². The number of H-pyrrole nitrogens is 1. The molecular weight excluding hydrogens is 326 g/mol. The van der Waals surface area contributed by atoms with E-state index in [1.807, 2.05) is 60.7 Å². The third-order valence-electron chi connectivity index (χ3n) is 3.10. The van der Waals surface area contributed by atoms with Crippen LogP contribution in [-0.4, -0.2) is 22.2 Å². The molecule has 1 atom stereocenters. The molecule has 0 saturated heterocycles. The maximum absolute atomic E-state index is 10.9. The Labute approximate surface area is 143 Å². The van der Waals surface area contributed by atoms with Crippen LogP contribution < -0.4 is 15.8 Å². The van der Waals surface area contributed by atoms with Gasteiger partial charge in [0.05, 0.1) is 11.5 Å². The Hall–Kier alpha value is -2.67. The molecule has 0 bridgehead atoms. The summed E-state index contributed by atoms with van der Waals surface area (Å²) in [6, 6.07) is 19.5. The Kier molecular flexibility index (Phi) is 5.57. The molecule has 1 aromatic heterocycles. The fourth-order valence-electron chi connectivity index (χ4n) is 2.06. The summed E-state index contributed by atoms with van der Waals surface area (Å²) in [5.74, 6) is 1.77. The molecule has 0 saturated carbocycles. The van der Waals surface area contributed by atoms with Gasteiger partial charge in [-0.2, -0.15) is 0 Å². The highest BCUT2D eigenvalue weighted by atomic mass is 32.2. The topological polar surface area (TPSA) is 80.2 Å². The number of thioether (sulfide) groups is 1. The number of benzene rings is 2. The van der Waals surface area contributed by atoms with E-state index in [0.29, 0.717) is 17.4 Å². The highest BCUT2D eigenvalue weighted by Crippen LogP contribution is 2.18. The third-order valence-corrected chi connectivity index (χ3v) is 4.09. The average molecular weight is 343 g/mol. The molecule has 24 heavy (non-hydrogen) atoms. The van der Waals surface area contributed by atoms with Crippen molar-refractivity contribution in [3.63, 3.8) is 0 Å². The van der Waals surface area contributed by atoms with Gasteiger partial charge >= 0.3 is 5.76 Å². The van der Waals surface area contributed by atoms with E-state index in [0.717, 1.165) is 11.4 Å². The van der Waals surface area contributed by atoms with Crippen LogP contribution in [0.3, 0.4) is 0 Å². The summed E-state index contributed by atoms with van der Waals surface area (Å²) in [6.45, 7) is 0. The van der Waals surface area contributed by atoms with Crippen molar-refractivity contribution in [1.82, 2.24) is 10.2 Å². The van der Waals surface area contributed by atoms with E-state index in [-0.39, 0.29) is 6.23 Å². The van der Waals surface area contributed by atoms with Gasteiger partial charge in [0.2, 0.25) is 5.89 Å². The molecule has 0 spiro atoms. The van der Waals surface area contributed by atoms with Gasteiger partial charge in [-0.15, -0.1) is 16.9 Å². The fraction of sp³-hybridized carbons (Fsp3) is 0.176. The Morgan fingerprint density at radius 3 is 2.50 bits per heavy atom. The van der Waals surface area contributed by atoms with Crippen LogP contribution in [0.1, 0.15) is 5.89 Å². The van der Waals surface area contributed by atoms with Gasteiger partial charge in [-0.25, -0.2) is 9.89 Å². The molecule has 0 aliphatic rings. The van der Waals surface area contributed by atoms with Crippen LogP contribution in [0, 0.1) is 0 Å². The summed E-state index contributed by atoms with van der Waals surface area (Å²) in [5.41, 5.74) is 0.977. The average Bonchev–Trinajstić information content (AvgIpc) is 3.02. The predicted molar refractivity (Wildman–Crippen MR) is 94.2 cm³/mol. The van der Waals surface area contributed by atoms with Crippen molar-refractivity contribution in [3.8, 4) is 5.75 Å². The van der Waals surface area contributed by atoms with Gasteiger partial charge in [0.1, 0.15) is 5.75 Å². The van der Waals surface area contributed by atoms with Crippen molar-refractivity contribution in [2.75, 3.05) is 11.1 Å². The number of nitrogens with one attached hydrogen (secondary N) is 2. The monoisotopic (exact) mass is 343 g/mol. The normalized spacial score (nSPS) is 11.8. The number of aromatic nitrogens is 2. The number of ether oxygens (including phenoxy) is 1. The van der Waals surface area contributed by atoms with Crippen LogP contribution in [0.15, 0.2) is 69.9 Å². The lowest BCUT2D eigenvalue weighted by molar-refractivity contribution is 0.255. The molecule has 0 radical (unpaired) electrons. The molecular formula is C17H17N3O3S. The number of para-hydroxylation sites is 2. The summed E-state index contributed by atoms with van der Waals surface area (Å²) in [7, 11) is 0. The first-order chi connectivity index (χ1) is 11.8. The second-order valence-electron chi connectivity index (χ2n) is 4.95. The van der Waals surface area contributed by atoms with Crippen molar-refractivity contribution >= 4 is 17.4 Å². The van der Waals surface area contributed by atoms with Crippen LogP contribution in [0.25, 0.3) is 0 Å². The highest BCUT2D eigenvalue weighted by molar-refractivity contribution is 7.98. The number of rotatable bonds is 8. The van der Waals surface area contributed by atoms with E-state index in [1.54, 1.807) is 11.8 Å². The minimum Gasteiger partial charge on any atom is -0.470 e. The SMILES string of the molecule is O=c1[nH]nc(CSCC(Nc2ccccc2)Oc2ccccc2)o1. The Morgan fingerprint density at radius 2 is 1.83 bits per heavy atom. The summed E-state index contributed by atoms with van der Waals surface area (Å²) < 4.78 is 10.9. The summed E-state index contributed by atoms with van der Waals surface area (Å²) >= 11 is 1.56. The molecule has 0 fully saturated rings. The second kappa shape index (κ2) is 8.26. The Morgan fingerprint density at radius 1 is 1.12 bits per heavy atom. The van der Waals surface area contributed by atoms with Crippen molar-refractivity contribution < 1.29 is 9.15 Å². The molecule has 0 aliphatic heterocycles. The fourth-order valence-corrected chi connectivity index (χ4v) is 2.85. The molecule has 1 unspecified atom stereocenters. The Bertz CT molecular complexity index is 748. The minimum absolute atomic E-state index is 0.231. The van der Waals surface area contributed by atoms with Gasteiger partial charge in [0, 0.05) is 5.69 Å². The first kappa shape index (κ1) is 16.2. The zero-order chi connectivity index (χ0) is 16.6. The molecule has 3 rings (SSSR count). The lowest BCUT2D eigenvalue weighted by Gasteiger charge is -2.21. The standard InChI is InChI=1S/C17H17N3O3S/c21-17-20-19-16(23-17)12-24-11-15(18-13-7-3-1-4-8-13)22-14-9-5-2-6-10-14/h1-10,15,18H,11-12H2,(H,20,21). The molecule has 0 amide bonds. The summed E-state index contributed by atoms with van der Waals surface area (Å²) in [6.07, 6.45) is -0.231. The van der Waals surface area contributed by atoms with Crippen LogP contribution in [0.4, 0.5) is 5.69 Å². The maximum Gasteiger partial charge on any atom is 0.434 e. The number of nitrogens with zero attached hydrogens (tertiary/aromatic N) is 1. The molecule has 2 N–H and O–H groups in total. The van der Waals surface area contributed by atoms with Gasteiger partial charge < -0.3 is 14.5 Å². The first-order valence-electron chi connectivity index (χ1n) is 7.45. The van der Waals surface area contributed by atoms with Crippen molar-refractivity contribution in [2.24, 2.45) is 0 Å². The van der Waals surface area contributed by atoms with Crippen LogP contribution >= 0.6 is 11.8 Å². The molecule has 0 aliphatic carbocycles. The van der Waals surface area contributed by atoms with Crippen LogP contribution in [0.2, 0.25) is 0 Å². The highest BCUT2D eigenvalue weighted by Gasteiger charge is 2.12. The molecule has 1 heterocycles. The number of anilines is 1. The minimum atomic E-state index is -0.537. The van der Waals surface area contributed by atoms with Crippen molar-refractivity contribution in [1.29, 1.82) is 0 Å². The molecule has 7 heteroatoms. The summed E-state index contributed by atoms with van der Waals surface area (Å²) in [4.78, 5) is 10.9. The number of hydrogen-bond acceptors (Lipinski definition) is 6. The van der Waals surface area contributed by atoms with Crippen LogP contribution in [-0.2, 0) is 5.75 Å². The molecule has 6 nitrogen and oxygen atoms in total. The Balaban J connectivity index is 1.61. The van der Waals surface area contributed by atoms with E-state index in [4.69, 9.17) is 9.15 Å². The van der Waals surface area contributed by atoms with E-state index in [9.17, 15) is 4.79 Å². The molecule has 3 aromatic rings. The maximum atomic E-state index is 10.9. The summed E-state index contributed by atoms with van der Waals surface area (Å²) in [5, 5.41) is 9.40.